The zero-order valence-electron chi connectivity index (χ0n) is 20.1. The minimum atomic E-state index is -2.89. The Kier molecular flexibility index (Phi) is 6.71. The van der Waals surface area contributed by atoms with E-state index in [1.54, 1.807) is 12.1 Å². The molecule has 1 aromatic heterocycles. The maximum atomic E-state index is 13.8. The summed E-state index contributed by atoms with van der Waals surface area (Å²) >= 11 is 0. The maximum absolute atomic E-state index is 13.8. The Bertz CT molecular complexity index is 1130. The molecule has 1 unspecified atom stereocenters. The number of carbonyl (C=O) groups is 1. The van der Waals surface area contributed by atoms with E-state index in [0.717, 1.165) is 22.5 Å². The Morgan fingerprint density at radius 3 is 2.69 bits per heavy atom. The number of carbonyl (C=O) groups excluding carboxylic acids is 1. The summed E-state index contributed by atoms with van der Waals surface area (Å²) in [5.74, 6) is -1.76. The summed E-state index contributed by atoms with van der Waals surface area (Å²) in [7, 11) is 0. The van der Waals surface area contributed by atoms with Crippen LogP contribution < -0.4 is 15.0 Å². The van der Waals surface area contributed by atoms with Crippen molar-refractivity contribution in [3.8, 4) is 17.0 Å². The summed E-state index contributed by atoms with van der Waals surface area (Å²) in [5, 5.41) is 12.0. The van der Waals surface area contributed by atoms with Gasteiger partial charge in [-0.15, -0.1) is 0 Å². The number of nitrogens with zero attached hydrogens (tertiary/aromatic N) is 3. The van der Waals surface area contributed by atoms with Gasteiger partial charge in [-0.25, -0.2) is 13.6 Å². The summed E-state index contributed by atoms with van der Waals surface area (Å²) in [6, 6.07) is 8.85. The molecule has 1 saturated carbocycles. The Hall–Kier alpha value is -3.02. The Morgan fingerprint density at radius 2 is 1.97 bits per heavy atom. The summed E-state index contributed by atoms with van der Waals surface area (Å²) in [6.45, 7) is 4.76. The van der Waals surface area contributed by atoms with Crippen molar-refractivity contribution in [3.05, 3.63) is 35.9 Å². The molecule has 36 heavy (non-hydrogen) atoms. The highest BCUT2D eigenvalue weighted by Gasteiger charge is 2.74. The molecule has 194 valence electrons. The van der Waals surface area contributed by atoms with Crippen LogP contribution in [0.4, 0.5) is 25.1 Å². The van der Waals surface area contributed by atoms with Crippen LogP contribution in [0.3, 0.4) is 0 Å². The Labute approximate surface area is 207 Å². The van der Waals surface area contributed by atoms with Crippen LogP contribution >= 0.6 is 0 Å². The molecular weight excluding hydrogens is 474 g/mol. The van der Waals surface area contributed by atoms with E-state index in [0.29, 0.717) is 37.9 Å². The monoisotopic (exact) mass is 504 g/mol. The summed E-state index contributed by atoms with van der Waals surface area (Å²) in [6.07, 6.45) is -0.354. The van der Waals surface area contributed by atoms with E-state index in [-0.39, 0.29) is 39.3 Å². The van der Waals surface area contributed by atoms with Gasteiger partial charge in [-0.2, -0.15) is 4.98 Å². The Morgan fingerprint density at radius 1 is 1.19 bits per heavy atom. The number of amides is 2. The van der Waals surface area contributed by atoms with E-state index < -0.39 is 17.6 Å². The number of hydrogen-bond donors (Lipinski definition) is 2. The first-order valence-electron chi connectivity index (χ1n) is 12.1. The number of aliphatic hydroxyl groups excluding tert-OH is 1. The number of urea groups is 1. The average Bonchev–Trinajstić information content (AvgIpc) is 3.41. The first-order chi connectivity index (χ1) is 17.3. The third-order valence-corrected chi connectivity index (χ3v) is 6.79. The summed E-state index contributed by atoms with van der Waals surface area (Å²) in [5.41, 5.74) is 1.69. The molecule has 2 aliphatic heterocycles. The van der Waals surface area contributed by atoms with Gasteiger partial charge in [0.05, 0.1) is 39.4 Å². The van der Waals surface area contributed by atoms with E-state index in [4.69, 9.17) is 14.2 Å². The van der Waals surface area contributed by atoms with Crippen LogP contribution in [0.2, 0.25) is 0 Å². The van der Waals surface area contributed by atoms with Gasteiger partial charge >= 0.3 is 6.03 Å². The van der Waals surface area contributed by atoms with Crippen molar-refractivity contribution in [1.82, 2.24) is 9.88 Å². The molecule has 1 spiro atoms. The molecule has 5 rings (SSSR count). The molecule has 2 saturated heterocycles. The van der Waals surface area contributed by atoms with Crippen LogP contribution in [0.5, 0.6) is 5.88 Å². The van der Waals surface area contributed by atoms with Crippen molar-refractivity contribution in [1.29, 1.82) is 0 Å². The van der Waals surface area contributed by atoms with Crippen LogP contribution in [0.25, 0.3) is 11.1 Å². The number of morpholine rings is 2. The lowest BCUT2D eigenvalue weighted by Gasteiger charge is -2.33. The van der Waals surface area contributed by atoms with Crippen molar-refractivity contribution in [2.75, 3.05) is 69.4 Å². The second-order valence-corrected chi connectivity index (χ2v) is 9.33. The molecule has 3 heterocycles. The van der Waals surface area contributed by atoms with Crippen molar-refractivity contribution >= 4 is 17.5 Å². The van der Waals surface area contributed by atoms with E-state index in [2.05, 4.69) is 15.2 Å². The van der Waals surface area contributed by atoms with Crippen molar-refractivity contribution in [2.24, 2.45) is 0 Å². The van der Waals surface area contributed by atoms with Gasteiger partial charge in [-0.05, 0) is 41.8 Å². The third kappa shape index (κ3) is 4.95. The van der Waals surface area contributed by atoms with Crippen LogP contribution in [0.1, 0.15) is 12.0 Å². The fraction of sp³-hybridized carbons (Fsp3) is 0.520. The zero-order valence-corrected chi connectivity index (χ0v) is 20.1. The predicted octanol–water partition coefficient (Wildman–Crippen LogP) is 2.91. The fourth-order valence-electron chi connectivity index (χ4n) is 4.64. The molecule has 0 radical (unpaired) electrons. The largest absolute Gasteiger partial charge is 0.475 e. The number of alkyl halides is 2. The topological polar surface area (TPSA) is 96.4 Å². The van der Waals surface area contributed by atoms with Gasteiger partial charge in [0.1, 0.15) is 12.4 Å². The maximum Gasteiger partial charge on any atom is 0.322 e. The highest BCUT2D eigenvalue weighted by Crippen LogP contribution is 2.56. The molecule has 2 amide bonds. The second-order valence-electron chi connectivity index (χ2n) is 9.33. The summed E-state index contributed by atoms with van der Waals surface area (Å²) < 4.78 is 43.9. The first-order valence-corrected chi connectivity index (χ1v) is 12.1. The highest BCUT2D eigenvalue weighted by atomic mass is 19.3. The number of aryl methyl sites for hydroxylation is 1. The Balaban J connectivity index is 1.38. The summed E-state index contributed by atoms with van der Waals surface area (Å²) in [4.78, 5) is 21.0. The first kappa shape index (κ1) is 24.7. The van der Waals surface area contributed by atoms with Crippen molar-refractivity contribution in [3.63, 3.8) is 0 Å². The molecule has 1 aliphatic carbocycles. The standard InChI is InChI=1S/C25H30F2N4O5/c1-17-2-3-19(28-23(33)31-6-10-36-24(16-31)15-25(24,26)27)14-20(17)18-12-21(30-4-8-34-9-5-30)29-22(13-18)35-11-7-32/h2-3,12-14,32H,4-11,15-16H2,1H3,(H,28,33). The van der Waals surface area contributed by atoms with Gasteiger partial charge in [-0.3, -0.25) is 0 Å². The molecule has 2 aromatic rings. The van der Waals surface area contributed by atoms with Crippen LogP contribution in [-0.4, -0.2) is 91.8 Å². The lowest BCUT2D eigenvalue weighted by Crippen LogP contribution is -2.50. The van der Waals surface area contributed by atoms with E-state index >= 15 is 0 Å². The van der Waals surface area contributed by atoms with Gasteiger partial charge in [-0.1, -0.05) is 6.07 Å². The van der Waals surface area contributed by atoms with Crippen molar-refractivity contribution in [2.45, 2.75) is 24.9 Å². The van der Waals surface area contributed by atoms with Crippen LogP contribution in [-0.2, 0) is 9.47 Å². The molecule has 0 bridgehead atoms. The number of ether oxygens (including phenoxy) is 3. The fourth-order valence-corrected chi connectivity index (χ4v) is 4.64. The van der Waals surface area contributed by atoms with Gasteiger partial charge in [0.15, 0.2) is 5.60 Å². The molecular formula is C25H30F2N4O5. The third-order valence-electron chi connectivity index (χ3n) is 6.79. The lowest BCUT2D eigenvalue weighted by molar-refractivity contribution is -0.0935. The van der Waals surface area contributed by atoms with Gasteiger partial charge in [0.2, 0.25) is 5.88 Å². The molecule has 1 aromatic carbocycles. The van der Waals surface area contributed by atoms with Crippen LogP contribution in [0.15, 0.2) is 30.3 Å². The van der Waals surface area contributed by atoms with E-state index in [9.17, 15) is 18.7 Å². The number of nitrogens with one attached hydrogen (secondary N) is 1. The number of halogens is 2. The minimum absolute atomic E-state index is 0.0834. The number of benzene rings is 1. The number of aromatic nitrogens is 1. The van der Waals surface area contributed by atoms with Gasteiger partial charge < -0.3 is 34.4 Å². The number of rotatable bonds is 6. The molecule has 11 heteroatoms. The zero-order chi connectivity index (χ0) is 25.3. The number of anilines is 2. The molecule has 2 N–H and O–H groups in total. The van der Waals surface area contributed by atoms with E-state index in [1.165, 1.54) is 4.90 Å². The van der Waals surface area contributed by atoms with Gasteiger partial charge in [0.25, 0.3) is 5.92 Å². The smallest absolute Gasteiger partial charge is 0.322 e. The normalized spacial score (nSPS) is 23.0. The van der Waals surface area contributed by atoms with Crippen LogP contribution in [0, 0.1) is 6.92 Å². The second kappa shape index (κ2) is 9.79. The molecule has 3 fully saturated rings. The quantitative estimate of drug-likeness (QED) is 0.625. The number of aliphatic hydroxyl groups is 1. The predicted molar refractivity (Wildman–Crippen MR) is 129 cm³/mol. The highest BCUT2D eigenvalue weighted by molar-refractivity contribution is 5.91. The minimum Gasteiger partial charge on any atom is -0.475 e. The van der Waals surface area contributed by atoms with E-state index in [1.807, 2.05) is 25.1 Å². The number of pyridine rings is 1. The van der Waals surface area contributed by atoms with Crippen molar-refractivity contribution < 1.29 is 32.9 Å². The van der Waals surface area contributed by atoms with Gasteiger partial charge in [0, 0.05) is 31.4 Å². The SMILES string of the molecule is Cc1ccc(NC(=O)N2CCOC3(C2)CC3(F)F)cc1-c1cc(OCCO)nc(N2CCOCC2)c1. The molecule has 1 atom stereocenters. The number of hydrogen-bond acceptors (Lipinski definition) is 7. The lowest BCUT2D eigenvalue weighted by atomic mass is 10.0. The molecule has 3 aliphatic rings. The molecule has 9 nitrogen and oxygen atoms in total. The average molecular weight is 505 g/mol.